The van der Waals surface area contributed by atoms with Crippen LogP contribution < -0.4 is 5.73 Å². The summed E-state index contributed by atoms with van der Waals surface area (Å²) >= 11 is 0. The predicted molar refractivity (Wildman–Crippen MR) is 73.0 cm³/mol. The molecule has 0 spiro atoms. The number of hydrogen-bond donors (Lipinski definition) is 1. The van der Waals surface area contributed by atoms with Gasteiger partial charge < -0.3 is 5.73 Å². The lowest BCUT2D eigenvalue weighted by Crippen LogP contribution is -1.99. The van der Waals surface area contributed by atoms with Crippen LogP contribution in [-0.4, -0.2) is 14.8 Å². The minimum absolute atomic E-state index is 0.374. The first kappa shape index (κ1) is 12.8. The van der Waals surface area contributed by atoms with Gasteiger partial charge in [-0.05, 0) is 17.9 Å². The summed E-state index contributed by atoms with van der Waals surface area (Å²) in [5.41, 5.74) is 8.00. The second kappa shape index (κ2) is 5.31. The fraction of sp³-hybridized carbons (Fsp3) is 0.429. The first-order valence-corrected chi connectivity index (χ1v) is 6.36. The van der Waals surface area contributed by atoms with Crippen LogP contribution in [-0.2, 0) is 13.6 Å². The van der Waals surface area contributed by atoms with Crippen LogP contribution >= 0.6 is 0 Å². The molecule has 1 heterocycles. The molecule has 0 amide bonds. The highest BCUT2D eigenvalue weighted by atomic mass is 15.3. The van der Waals surface area contributed by atoms with Gasteiger partial charge in [-0.15, -0.1) is 0 Å². The minimum Gasteiger partial charge on any atom is -0.324 e. The standard InChI is InChI=1S/C14H20N4/c1-4-10(2)11-5-7-12(8-6-11)14-16-13(9-15)17-18(14)3/h5-8,10H,4,9,15H2,1-3H3. The molecule has 0 saturated carbocycles. The van der Waals surface area contributed by atoms with E-state index in [1.54, 1.807) is 4.68 Å². The van der Waals surface area contributed by atoms with E-state index in [1.165, 1.54) is 5.56 Å². The lowest BCUT2D eigenvalue weighted by molar-refractivity contribution is 0.733. The zero-order chi connectivity index (χ0) is 13.1. The van der Waals surface area contributed by atoms with Crippen LogP contribution in [0, 0.1) is 0 Å². The van der Waals surface area contributed by atoms with Gasteiger partial charge in [0.2, 0.25) is 0 Å². The molecule has 0 radical (unpaired) electrons. The summed E-state index contributed by atoms with van der Waals surface area (Å²) in [5, 5.41) is 4.26. The summed E-state index contributed by atoms with van der Waals surface area (Å²) < 4.78 is 1.78. The van der Waals surface area contributed by atoms with Gasteiger partial charge in [0.05, 0.1) is 6.54 Å². The fourth-order valence-electron chi connectivity index (χ4n) is 1.97. The summed E-state index contributed by atoms with van der Waals surface area (Å²) in [6.45, 7) is 4.82. The maximum Gasteiger partial charge on any atom is 0.164 e. The number of hydrogen-bond acceptors (Lipinski definition) is 3. The van der Waals surface area contributed by atoms with Gasteiger partial charge in [0.25, 0.3) is 0 Å². The van der Waals surface area contributed by atoms with Crippen molar-refractivity contribution in [2.45, 2.75) is 32.7 Å². The molecule has 1 atom stereocenters. The molecule has 2 N–H and O–H groups in total. The second-order valence-corrected chi connectivity index (χ2v) is 4.61. The summed E-state index contributed by atoms with van der Waals surface area (Å²) in [7, 11) is 1.89. The van der Waals surface area contributed by atoms with Crippen LogP contribution in [0.5, 0.6) is 0 Å². The largest absolute Gasteiger partial charge is 0.324 e. The van der Waals surface area contributed by atoms with Gasteiger partial charge in [0.1, 0.15) is 0 Å². The minimum atomic E-state index is 0.374. The highest BCUT2D eigenvalue weighted by molar-refractivity contribution is 5.55. The first-order valence-electron chi connectivity index (χ1n) is 6.36. The van der Waals surface area contributed by atoms with Gasteiger partial charge in [-0.25, -0.2) is 9.67 Å². The molecule has 1 aromatic carbocycles. The SMILES string of the molecule is CCC(C)c1ccc(-c2nc(CN)nn2C)cc1. The van der Waals surface area contributed by atoms with Crippen molar-refractivity contribution < 1.29 is 0 Å². The Morgan fingerprint density at radius 1 is 1.28 bits per heavy atom. The molecular weight excluding hydrogens is 224 g/mol. The molecular formula is C14H20N4. The summed E-state index contributed by atoms with van der Waals surface area (Å²) in [6, 6.07) is 8.54. The fourth-order valence-corrected chi connectivity index (χ4v) is 1.97. The number of nitrogens with two attached hydrogens (primary N) is 1. The van der Waals surface area contributed by atoms with E-state index >= 15 is 0 Å². The quantitative estimate of drug-likeness (QED) is 0.898. The molecule has 0 bridgehead atoms. The molecule has 0 aliphatic carbocycles. The van der Waals surface area contributed by atoms with Crippen molar-refractivity contribution in [1.29, 1.82) is 0 Å². The van der Waals surface area contributed by atoms with Gasteiger partial charge >= 0.3 is 0 Å². The molecule has 1 unspecified atom stereocenters. The van der Waals surface area contributed by atoms with Crippen molar-refractivity contribution in [3.8, 4) is 11.4 Å². The summed E-state index contributed by atoms with van der Waals surface area (Å²) in [5.74, 6) is 2.14. The van der Waals surface area contributed by atoms with Crippen molar-refractivity contribution in [1.82, 2.24) is 14.8 Å². The Labute approximate surface area is 108 Å². The Balaban J connectivity index is 2.31. The van der Waals surface area contributed by atoms with E-state index in [9.17, 15) is 0 Å². The van der Waals surface area contributed by atoms with Crippen LogP contribution in [0.4, 0.5) is 0 Å². The maximum absolute atomic E-state index is 5.55. The van der Waals surface area contributed by atoms with Crippen molar-refractivity contribution in [2.24, 2.45) is 12.8 Å². The van der Waals surface area contributed by atoms with E-state index in [-0.39, 0.29) is 0 Å². The van der Waals surface area contributed by atoms with E-state index in [1.807, 2.05) is 7.05 Å². The van der Waals surface area contributed by atoms with E-state index in [0.717, 1.165) is 17.8 Å². The first-order chi connectivity index (χ1) is 8.65. The molecule has 2 rings (SSSR count). The van der Waals surface area contributed by atoms with Crippen molar-refractivity contribution >= 4 is 0 Å². The molecule has 0 aliphatic rings. The molecule has 0 fully saturated rings. The lowest BCUT2D eigenvalue weighted by atomic mass is 9.97. The Kier molecular flexibility index (Phi) is 3.77. The number of rotatable bonds is 4. The molecule has 18 heavy (non-hydrogen) atoms. The third-order valence-electron chi connectivity index (χ3n) is 3.34. The lowest BCUT2D eigenvalue weighted by Gasteiger charge is -2.09. The normalized spacial score (nSPS) is 12.7. The van der Waals surface area contributed by atoms with Gasteiger partial charge in [0, 0.05) is 12.6 Å². The van der Waals surface area contributed by atoms with Crippen LogP contribution in [0.3, 0.4) is 0 Å². The van der Waals surface area contributed by atoms with Crippen LogP contribution in [0.1, 0.15) is 37.6 Å². The Morgan fingerprint density at radius 3 is 2.44 bits per heavy atom. The molecule has 0 saturated heterocycles. The van der Waals surface area contributed by atoms with E-state index in [0.29, 0.717) is 18.3 Å². The average Bonchev–Trinajstić information content (AvgIpc) is 2.79. The second-order valence-electron chi connectivity index (χ2n) is 4.61. The van der Waals surface area contributed by atoms with Gasteiger partial charge in [0.15, 0.2) is 11.6 Å². The number of benzene rings is 1. The van der Waals surface area contributed by atoms with Crippen LogP contribution in [0.2, 0.25) is 0 Å². The topological polar surface area (TPSA) is 56.7 Å². The van der Waals surface area contributed by atoms with Crippen molar-refractivity contribution in [3.63, 3.8) is 0 Å². The molecule has 96 valence electrons. The summed E-state index contributed by atoms with van der Waals surface area (Å²) in [6.07, 6.45) is 1.15. The predicted octanol–water partition coefficient (Wildman–Crippen LogP) is 2.45. The van der Waals surface area contributed by atoms with Crippen LogP contribution in [0.25, 0.3) is 11.4 Å². The highest BCUT2D eigenvalue weighted by Crippen LogP contribution is 2.22. The van der Waals surface area contributed by atoms with E-state index in [4.69, 9.17) is 5.73 Å². The monoisotopic (exact) mass is 244 g/mol. The zero-order valence-corrected chi connectivity index (χ0v) is 11.2. The highest BCUT2D eigenvalue weighted by Gasteiger charge is 2.09. The van der Waals surface area contributed by atoms with E-state index in [2.05, 4.69) is 48.2 Å². The maximum atomic E-state index is 5.55. The molecule has 4 heteroatoms. The number of aromatic nitrogens is 3. The summed E-state index contributed by atoms with van der Waals surface area (Å²) in [4.78, 5) is 4.42. The number of nitrogens with zero attached hydrogens (tertiary/aromatic N) is 3. The molecule has 0 aliphatic heterocycles. The van der Waals surface area contributed by atoms with Gasteiger partial charge in [-0.2, -0.15) is 5.10 Å². The zero-order valence-electron chi connectivity index (χ0n) is 11.2. The average molecular weight is 244 g/mol. The van der Waals surface area contributed by atoms with Gasteiger partial charge in [-0.1, -0.05) is 38.1 Å². The van der Waals surface area contributed by atoms with Crippen molar-refractivity contribution in [2.75, 3.05) is 0 Å². The molecule has 1 aromatic heterocycles. The van der Waals surface area contributed by atoms with Crippen molar-refractivity contribution in [3.05, 3.63) is 35.7 Å². The Bertz CT molecular complexity index is 513. The Hall–Kier alpha value is -1.68. The third kappa shape index (κ3) is 2.43. The molecule has 4 nitrogen and oxygen atoms in total. The smallest absolute Gasteiger partial charge is 0.164 e. The van der Waals surface area contributed by atoms with Gasteiger partial charge in [-0.3, -0.25) is 0 Å². The Morgan fingerprint density at radius 2 is 1.94 bits per heavy atom. The van der Waals surface area contributed by atoms with E-state index < -0.39 is 0 Å². The third-order valence-corrected chi connectivity index (χ3v) is 3.34. The number of aryl methyl sites for hydroxylation is 1. The molecule has 2 aromatic rings. The van der Waals surface area contributed by atoms with Crippen LogP contribution in [0.15, 0.2) is 24.3 Å².